The van der Waals surface area contributed by atoms with E-state index in [0.29, 0.717) is 17.5 Å². The third-order valence-corrected chi connectivity index (χ3v) is 12.4. The molecule has 0 spiro atoms. The maximum Gasteiger partial charge on any atom is 0.164 e. The van der Waals surface area contributed by atoms with Crippen LogP contribution in [0.2, 0.25) is 0 Å². The first-order valence-corrected chi connectivity index (χ1v) is 20.7. The van der Waals surface area contributed by atoms with Crippen LogP contribution in [0.25, 0.3) is 132 Å². The highest BCUT2D eigenvalue weighted by Crippen LogP contribution is 2.44. The summed E-state index contributed by atoms with van der Waals surface area (Å²) in [6, 6.07) is 71.1. The molecule has 61 heavy (non-hydrogen) atoms. The van der Waals surface area contributed by atoms with Crippen LogP contribution in [0.3, 0.4) is 0 Å². The predicted molar refractivity (Wildman–Crippen MR) is 254 cm³/mol. The molecule has 0 aliphatic carbocycles. The van der Waals surface area contributed by atoms with Gasteiger partial charge in [-0.3, -0.25) is 0 Å². The van der Waals surface area contributed by atoms with Crippen molar-refractivity contribution in [2.45, 2.75) is 0 Å². The van der Waals surface area contributed by atoms with E-state index >= 15 is 0 Å². The van der Waals surface area contributed by atoms with Gasteiger partial charge in [0.2, 0.25) is 0 Å². The van der Waals surface area contributed by atoms with Gasteiger partial charge in [-0.1, -0.05) is 158 Å². The smallest absolute Gasteiger partial charge is 0.164 e. The number of aromatic nitrogens is 3. The summed E-state index contributed by atoms with van der Waals surface area (Å²) in [7, 11) is 0. The normalized spacial score (nSPS) is 11.9. The molecule has 0 fully saturated rings. The second-order valence-corrected chi connectivity index (χ2v) is 15.9. The molecule has 0 unspecified atom stereocenters. The van der Waals surface area contributed by atoms with E-state index in [1.807, 2.05) is 0 Å². The Labute approximate surface area is 350 Å². The van der Waals surface area contributed by atoms with Gasteiger partial charge in [0.1, 0.15) is 11.2 Å². The van der Waals surface area contributed by atoms with Gasteiger partial charge in [0.25, 0.3) is 0 Å². The van der Waals surface area contributed by atoms with Crippen molar-refractivity contribution in [2.75, 3.05) is 0 Å². The first-order chi connectivity index (χ1) is 30.2. The van der Waals surface area contributed by atoms with Gasteiger partial charge in [0, 0.05) is 33.0 Å². The maximum atomic E-state index is 6.92. The molecular formula is C57H33N3O. The van der Waals surface area contributed by atoms with Gasteiger partial charge in [-0.05, 0) is 113 Å². The van der Waals surface area contributed by atoms with E-state index in [0.717, 1.165) is 71.3 Å². The fraction of sp³-hybridized carbons (Fsp3) is 0. The molecule has 0 amide bonds. The highest BCUT2D eigenvalue weighted by Gasteiger charge is 2.20. The molecule has 0 saturated carbocycles. The molecule has 0 saturated heterocycles. The highest BCUT2D eigenvalue weighted by molar-refractivity contribution is 6.27. The fourth-order valence-corrected chi connectivity index (χ4v) is 9.48. The lowest BCUT2D eigenvalue weighted by Crippen LogP contribution is -2.00. The van der Waals surface area contributed by atoms with Crippen molar-refractivity contribution in [3.63, 3.8) is 0 Å². The molecule has 11 aromatic carbocycles. The standard InChI is InChI=1S/C57H33N3O/c1-3-13-36-29-40(23-21-34(36)11-1)55-58-56(41-24-22-35-12-2-4-14-37(35)30-41)60-57(59-55)42-26-28-52-50(33-42)51-31-38-15-5-6-16-43(38)53(54(51)61-52)39-25-27-48-46-19-8-7-17-44(46)45-18-9-10-20-47(45)49(48)32-39/h1-33H. The maximum absolute atomic E-state index is 6.92. The Bertz CT molecular complexity index is 3820. The van der Waals surface area contributed by atoms with E-state index in [2.05, 4.69) is 200 Å². The van der Waals surface area contributed by atoms with E-state index in [4.69, 9.17) is 19.4 Å². The first-order valence-electron chi connectivity index (χ1n) is 20.7. The summed E-state index contributed by atoms with van der Waals surface area (Å²) in [6.07, 6.45) is 0. The molecule has 0 N–H and O–H groups in total. The number of rotatable bonds is 4. The van der Waals surface area contributed by atoms with Crippen LogP contribution in [-0.4, -0.2) is 15.0 Å². The van der Waals surface area contributed by atoms with Crippen LogP contribution in [0.1, 0.15) is 0 Å². The van der Waals surface area contributed by atoms with Crippen LogP contribution in [-0.2, 0) is 0 Å². The largest absolute Gasteiger partial charge is 0.455 e. The fourth-order valence-electron chi connectivity index (χ4n) is 9.48. The lowest BCUT2D eigenvalue weighted by Gasteiger charge is -2.13. The number of hydrogen-bond acceptors (Lipinski definition) is 4. The summed E-state index contributed by atoms with van der Waals surface area (Å²) in [4.78, 5) is 15.5. The van der Waals surface area contributed by atoms with E-state index in [1.165, 1.54) is 43.1 Å². The Balaban J connectivity index is 1.03. The van der Waals surface area contributed by atoms with Crippen molar-refractivity contribution in [1.82, 2.24) is 15.0 Å². The predicted octanol–water partition coefficient (Wildman–Crippen LogP) is 15.4. The first kappa shape index (κ1) is 33.7. The third kappa shape index (κ3) is 5.36. The summed E-state index contributed by atoms with van der Waals surface area (Å²) in [5.41, 5.74) is 6.64. The summed E-state index contributed by atoms with van der Waals surface area (Å²) >= 11 is 0. The topological polar surface area (TPSA) is 51.8 Å². The lowest BCUT2D eigenvalue weighted by molar-refractivity contribution is 0.670. The van der Waals surface area contributed by atoms with Gasteiger partial charge < -0.3 is 4.42 Å². The summed E-state index contributed by atoms with van der Waals surface area (Å²) in [5.74, 6) is 1.86. The molecule has 13 rings (SSSR count). The highest BCUT2D eigenvalue weighted by atomic mass is 16.3. The van der Waals surface area contributed by atoms with E-state index in [9.17, 15) is 0 Å². The average Bonchev–Trinajstić information content (AvgIpc) is 3.70. The number of hydrogen-bond donors (Lipinski definition) is 0. The van der Waals surface area contributed by atoms with E-state index < -0.39 is 0 Å². The molecule has 0 aliphatic heterocycles. The minimum absolute atomic E-state index is 0.604. The molecule has 13 aromatic rings. The van der Waals surface area contributed by atoms with Crippen molar-refractivity contribution in [3.8, 4) is 45.3 Å². The Morgan fingerprint density at radius 3 is 1.28 bits per heavy atom. The minimum Gasteiger partial charge on any atom is -0.455 e. The molecule has 2 heterocycles. The zero-order valence-corrected chi connectivity index (χ0v) is 32.8. The molecule has 0 radical (unpaired) electrons. The van der Waals surface area contributed by atoms with Gasteiger partial charge in [-0.15, -0.1) is 0 Å². The zero-order valence-electron chi connectivity index (χ0n) is 32.8. The van der Waals surface area contributed by atoms with E-state index in [-0.39, 0.29) is 0 Å². The van der Waals surface area contributed by atoms with Crippen LogP contribution in [0, 0.1) is 0 Å². The average molecular weight is 776 g/mol. The lowest BCUT2D eigenvalue weighted by atomic mass is 9.90. The Morgan fingerprint density at radius 2 is 0.689 bits per heavy atom. The van der Waals surface area contributed by atoms with Crippen molar-refractivity contribution in [1.29, 1.82) is 0 Å². The van der Waals surface area contributed by atoms with Crippen LogP contribution in [0.15, 0.2) is 205 Å². The second-order valence-electron chi connectivity index (χ2n) is 15.9. The monoisotopic (exact) mass is 775 g/mol. The minimum atomic E-state index is 0.604. The van der Waals surface area contributed by atoms with Gasteiger partial charge in [-0.2, -0.15) is 0 Å². The van der Waals surface area contributed by atoms with Crippen LogP contribution >= 0.6 is 0 Å². The van der Waals surface area contributed by atoms with Gasteiger partial charge in [-0.25, -0.2) is 15.0 Å². The molecule has 2 aromatic heterocycles. The van der Waals surface area contributed by atoms with Crippen molar-refractivity contribution in [2.24, 2.45) is 0 Å². The number of furan rings is 1. The van der Waals surface area contributed by atoms with Gasteiger partial charge in [0.15, 0.2) is 17.5 Å². The van der Waals surface area contributed by atoms with E-state index in [1.54, 1.807) is 0 Å². The summed E-state index contributed by atoms with van der Waals surface area (Å²) < 4.78 is 6.92. The molecule has 4 heteroatoms. The van der Waals surface area contributed by atoms with Crippen LogP contribution in [0.4, 0.5) is 0 Å². The molecule has 4 nitrogen and oxygen atoms in total. The Hall–Kier alpha value is -8.21. The number of benzene rings is 11. The molecule has 0 bridgehead atoms. The zero-order chi connectivity index (χ0) is 40.0. The number of nitrogens with zero attached hydrogens (tertiary/aromatic N) is 3. The third-order valence-electron chi connectivity index (χ3n) is 12.4. The number of fused-ring (bicyclic) bond motifs is 12. The van der Waals surface area contributed by atoms with Crippen LogP contribution in [0.5, 0.6) is 0 Å². The van der Waals surface area contributed by atoms with Gasteiger partial charge in [0.05, 0.1) is 0 Å². The molecular weight excluding hydrogens is 743 g/mol. The summed E-state index contributed by atoms with van der Waals surface area (Å²) in [6.45, 7) is 0. The van der Waals surface area contributed by atoms with Crippen molar-refractivity contribution in [3.05, 3.63) is 200 Å². The van der Waals surface area contributed by atoms with Crippen molar-refractivity contribution >= 4 is 86.6 Å². The van der Waals surface area contributed by atoms with Gasteiger partial charge >= 0.3 is 0 Å². The quantitative estimate of drug-likeness (QED) is 0.167. The second kappa shape index (κ2) is 13.2. The molecule has 0 atom stereocenters. The van der Waals surface area contributed by atoms with Crippen LogP contribution < -0.4 is 0 Å². The van der Waals surface area contributed by atoms with Crippen molar-refractivity contribution < 1.29 is 4.42 Å². The SMILES string of the molecule is c1ccc2cc(-c3nc(-c4ccc5ccccc5c4)nc(-c4ccc5oc6c(-c7ccc8c9ccccc9c9ccccc9c8c7)c7ccccc7cc6c5c4)n3)ccc2c1. The summed E-state index contributed by atoms with van der Waals surface area (Å²) in [5, 5.41) is 16.5. The molecule has 282 valence electrons. The Kier molecular flexibility index (Phi) is 7.27. The Morgan fingerprint density at radius 1 is 0.262 bits per heavy atom. The molecule has 0 aliphatic rings.